The third kappa shape index (κ3) is 2.62. The van der Waals surface area contributed by atoms with Crippen LogP contribution in [0.3, 0.4) is 0 Å². The summed E-state index contributed by atoms with van der Waals surface area (Å²) in [6, 6.07) is 18.7. The van der Waals surface area contributed by atoms with Gasteiger partial charge in [0.15, 0.2) is 5.13 Å². The molecule has 0 saturated heterocycles. The van der Waals surface area contributed by atoms with E-state index >= 15 is 0 Å². The van der Waals surface area contributed by atoms with Gasteiger partial charge in [-0.05, 0) is 11.6 Å². The lowest BCUT2D eigenvalue weighted by Gasteiger charge is -2.00. The number of H-pyrrole nitrogens is 1. The van der Waals surface area contributed by atoms with Gasteiger partial charge in [0.05, 0.1) is 11.2 Å². The molecule has 0 saturated carbocycles. The molecule has 3 heterocycles. The van der Waals surface area contributed by atoms with Gasteiger partial charge in [-0.15, -0.1) is 11.3 Å². The van der Waals surface area contributed by atoms with Crippen molar-refractivity contribution in [2.45, 2.75) is 6.42 Å². The Kier molecular flexibility index (Phi) is 3.65. The van der Waals surface area contributed by atoms with E-state index in [4.69, 9.17) is 4.98 Å². The first kappa shape index (κ1) is 15.1. The van der Waals surface area contributed by atoms with Gasteiger partial charge in [0.1, 0.15) is 5.82 Å². The summed E-state index contributed by atoms with van der Waals surface area (Å²) in [5, 5.41) is 4.33. The minimum Gasteiger partial charge on any atom is -0.348 e. The van der Waals surface area contributed by atoms with E-state index in [1.54, 1.807) is 17.5 Å². The lowest BCUT2D eigenvalue weighted by atomic mass is 10.1. The van der Waals surface area contributed by atoms with Crippen LogP contribution in [0.2, 0.25) is 0 Å². The second kappa shape index (κ2) is 6.28. The molecule has 2 aromatic carbocycles. The van der Waals surface area contributed by atoms with Crippen LogP contribution in [0.1, 0.15) is 11.4 Å². The molecule has 3 aromatic heterocycles. The van der Waals surface area contributed by atoms with Gasteiger partial charge in [-0.25, -0.2) is 9.97 Å². The molecule has 0 bridgehead atoms. The summed E-state index contributed by atoms with van der Waals surface area (Å²) in [4.78, 5) is 12.4. The molecule has 5 aromatic rings. The highest BCUT2D eigenvalue weighted by Crippen LogP contribution is 2.30. The average molecular weight is 356 g/mol. The first-order chi connectivity index (χ1) is 12.9. The Morgan fingerprint density at radius 2 is 1.85 bits per heavy atom. The number of benzene rings is 2. The molecule has 0 aliphatic heterocycles. The zero-order chi connectivity index (χ0) is 17.3. The largest absolute Gasteiger partial charge is 0.348 e. The Morgan fingerprint density at radius 3 is 2.69 bits per heavy atom. The van der Waals surface area contributed by atoms with Crippen molar-refractivity contribution in [3.63, 3.8) is 0 Å². The van der Waals surface area contributed by atoms with Crippen molar-refractivity contribution in [3.05, 3.63) is 90.0 Å². The van der Waals surface area contributed by atoms with E-state index < -0.39 is 0 Å². The molecule has 0 atom stereocenters. The maximum Gasteiger partial charge on any atom is 0.194 e. The molecule has 0 amide bonds. The topological polar surface area (TPSA) is 46.5 Å². The van der Waals surface area contributed by atoms with E-state index in [0.29, 0.717) is 0 Å². The lowest BCUT2D eigenvalue weighted by molar-refractivity contribution is 1.01. The number of aromatic nitrogens is 4. The van der Waals surface area contributed by atoms with Crippen LogP contribution in [-0.2, 0) is 6.42 Å². The van der Waals surface area contributed by atoms with Gasteiger partial charge in [-0.3, -0.25) is 4.57 Å². The monoisotopic (exact) mass is 356 g/mol. The zero-order valence-electron chi connectivity index (χ0n) is 14.0. The van der Waals surface area contributed by atoms with Crippen LogP contribution in [0, 0.1) is 0 Å². The van der Waals surface area contributed by atoms with Crippen LogP contribution < -0.4 is 0 Å². The standard InChI is InChI=1S/C21H16N4S/c1-2-6-15(7-3-1)18-14-26-21(24-18)25-13-16(12-20-22-10-11-23-20)17-8-4-5-9-19(17)25/h1-11,13-14H,12H2,(H,22,23). The number of nitrogens with zero attached hydrogens (tertiary/aromatic N) is 3. The number of hydrogen-bond donors (Lipinski definition) is 1. The van der Waals surface area contributed by atoms with Crippen LogP contribution in [-0.4, -0.2) is 19.5 Å². The molecule has 0 aliphatic carbocycles. The van der Waals surface area contributed by atoms with E-state index in [1.807, 2.05) is 24.4 Å². The van der Waals surface area contributed by atoms with Gasteiger partial charge in [0.2, 0.25) is 0 Å². The van der Waals surface area contributed by atoms with Crippen molar-refractivity contribution in [1.82, 2.24) is 19.5 Å². The number of aromatic amines is 1. The average Bonchev–Trinajstić information content (AvgIpc) is 3.43. The third-order valence-electron chi connectivity index (χ3n) is 4.47. The van der Waals surface area contributed by atoms with Crippen molar-refractivity contribution in [3.8, 4) is 16.4 Å². The van der Waals surface area contributed by atoms with Gasteiger partial charge in [-0.1, -0.05) is 48.5 Å². The van der Waals surface area contributed by atoms with Crippen LogP contribution in [0.5, 0.6) is 0 Å². The van der Waals surface area contributed by atoms with Crippen LogP contribution in [0.25, 0.3) is 27.3 Å². The van der Waals surface area contributed by atoms with Gasteiger partial charge in [-0.2, -0.15) is 0 Å². The van der Waals surface area contributed by atoms with Crippen molar-refractivity contribution in [2.24, 2.45) is 0 Å². The second-order valence-corrected chi connectivity index (χ2v) is 6.97. The Labute approximate surface area is 154 Å². The molecular weight excluding hydrogens is 340 g/mol. The Morgan fingerprint density at radius 1 is 1.00 bits per heavy atom. The summed E-state index contributed by atoms with van der Waals surface area (Å²) in [7, 11) is 0. The zero-order valence-corrected chi connectivity index (χ0v) is 14.8. The van der Waals surface area contributed by atoms with Crippen LogP contribution in [0.4, 0.5) is 0 Å². The van der Waals surface area contributed by atoms with Crippen molar-refractivity contribution < 1.29 is 0 Å². The Hall–Kier alpha value is -3.18. The fraction of sp³-hybridized carbons (Fsp3) is 0.0476. The molecule has 0 spiro atoms. The van der Waals surface area contributed by atoms with E-state index in [9.17, 15) is 0 Å². The molecule has 1 N–H and O–H groups in total. The van der Waals surface area contributed by atoms with Gasteiger partial charge >= 0.3 is 0 Å². The van der Waals surface area contributed by atoms with Gasteiger partial charge in [0, 0.05) is 41.3 Å². The van der Waals surface area contributed by atoms with E-state index in [-0.39, 0.29) is 0 Å². The van der Waals surface area contributed by atoms with Gasteiger partial charge < -0.3 is 4.98 Å². The fourth-order valence-electron chi connectivity index (χ4n) is 3.24. The molecule has 0 aliphatic rings. The number of rotatable bonds is 4. The predicted octanol–water partition coefficient (Wildman–Crippen LogP) is 5.07. The predicted molar refractivity (Wildman–Crippen MR) is 106 cm³/mol. The van der Waals surface area contributed by atoms with E-state index in [0.717, 1.165) is 28.6 Å². The van der Waals surface area contributed by atoms with Gasteiger partial charge in [0.25, 0.3) is 0 Å². The highest BCUT2D eigenvalue weighted by Gasteiger charge is 2.13. The molecule has 5 heteroatoms. The minimum atomic E-state index is 0.775. The molecule has 0 fully saturated rings. The van der Waals surface area contributed by atoms with Crippen LogP contribution >= 0.6 is 11.3 Å². The number of thiazole rings is 1. The quantitative estimate of drug-likeness (QED) is 0.489. The number of para-hydroxylation sites is 1. The highest BCUT2D eigenvalue weighted by molar-refractivity contribution is 7.12. The molecule has 4 nitrogen and oxygen atoms in total. The summed E-state index contributed by atoms with van der Waals surface area (Å²) >= 11 is 1.66. The van der Waals surface area contributed by atoms with Crippen molar-refractivity contribution in [1.29, 1.82) is 0 Å². The summed E-state index contributed by atoms with van der Waals surface area (Å²) in [6.07, 6.45) is 6.61. The normalized spacial score (nSPS) is 11.2. The first-order valence-corrected chi connectivity index (χ1v) is 9.35. The molecule has 5 rings (SSSR count). The van der Waals surface area contributed by atoms with E-state index in [1.165, 1.54) is 16.5 Å². The van der Waals surface area contributed by atoms with E-state index in [2.05, 4.69) is 62.5 Å². The molecule has 0 unspecified atom stereocenters. The highest BCUT2D eigenvalue weighted by atomic mass is 32.1. The van der Waals surface area contributed by atoms with Crippen molar-refractivity contribution in [2.75, 3.05) is 0 Å². The number of fused-ring (bicyclic) bond motifs is 1. The Balaban J connectivity index is 1.60. The fourth-order valence-corrected chi connectivity index (χ4v) is 4.06. The summed E-state index contributed by atoms with van der Waals surface area (Å²) < 4.78 is 2.19. The minimum absolute atomic E-state index is 0.775. The molecule has 26 heavy (non-hydrogen) atoms. The second-order valence-electron chi connectivity index (χ2n) is 6.14. The van der Waals surface area contributed by atoms with Crippen LogP contribution in [0.15, 0.2) is 78.6 Å². The maximum absolute atomic E-state index is 4.87. The molecule has 126 valence electrons. The number of hydrogen-bond acceptors (Lipinski definition) is 3. The summed E-state index contributed by atoms with van der Waals surface area (Å²) in [6.45, 7) is 0. The lowest BCUT2D eigenvalue weighted by Crippen LogP contribution is -1.92. The first-order valence-electron chi connectivity index (χ1n) is 8.47. The maximum atomic E-state index is 4.87. The number of imidazole rings is 1. The molecule has 0 radical (unpaired) electrons. The Bertz CT molecular complexity index is 1150. The smallest absolute Gasteiger partial charge is 0.194 e. The number of nitrogens with one attached hydrogen (secondary N) is 1. The third-order valence-corrected chi connectivity index (χ3v) is 5.31. The SMILES string of the molecule is c1ccc(-c2csc(-n3cc(Cc4ncc[nH]4)c4ccccc43)n2)cc1. The summed E-state index contributed by atoms with van der Waals surface area (Å²) in [5.41, 5.74) is 4.56. The molecular formula is C21H16N4S. The van der Waals surface area contributed by atoms with Crippen molar-refractivity contribution >= 4 is 22.2 Å². The summed E-state index contributed by atoms with van der Waals surface area (Å²) in [5.74, 6) is 0.969.